The Balaban J connectivity index is 1.51. The molecule has 2 N–H and O–H groups in total. The number of aromatic nitrogens is 2. The third-order valence-corrected chi connectivity index (χ3v) is 10.1. The minimum absolute atomic E-state index is 0.121. The smallest absolute Gasteiger partial charge is 0.182 e. The summed E-state index contributed by atoms with van der Waals surface area (Å²) in [7, 11) is 3.43. The highest BCUT2D eigenvalue weighted by Gasteiger charge is 2.50. The van der Waals surface area contributed by atoms with E-state index < -0.39 is 11.8 Å². The second-order valence-electron chi connectivity index (χ2n) is 15.0. The fourth-order valence-corrected chi connectivity index (χ4v) is 7.72. The van der Waals surface area contributed by atoms with E-state index in [9.17, 15) is 0 Å². The van der Waals surface area contributed by atoms with E-state index in [0.29, 0.717) is 6.42 Å². The summed E-state index contributed by atoms with van der Waals surface area (Å²) in [6.45, 7) is 13.4. The fraction of sp³-hybridized carbons (Fsp3) is 0.366. The molecule has 3 aliphatic rings. The normalized spacial score (nSPS) is 21.2. The molecule has 0 fully saturated rings. The molecule has 4 aromatic rings. The van der Waals surface area contributed by atoms with Crippen LogP contribution < -0.4 is 10.7 Å². The highest BCUT2D eigenvalue weighted by Crippen LogP contribution is 2.46. The third kappa shape index (κ3) is 5.79. The van der Waals surface area contributed by atoms with Crippen molar-refractivity contribution in [1.82, 2.24) is 9.97 Å². The Labute approximate surface area is 278 Å². The molecule has 6 heteroatoms. The van der Waals surface area contributed by atoms with Crippen molar-refractivity contribution < 1.29 is 9.47 Å². The molecule has 47 heavy (non-hydrogen) atoms. The lowest BCUT2D eigenvalue weighted by atomic mass is 9.77. The second-order valence-corrected chi connectivity index (χ2v) is 15.0. The summed E-state index contributed by atoms with van der Waals surface area (Å²) >= 11 is 0. The number of rotatable bonds is 5. The van der Waals surface area contributed by atoms with Gasteiger partial charge in [0.25, 0.3) is 0 Å². The largest absolute Gasteiger partial charge is 0.358 e. The summed E-state index contributed by atoms with van der Waals surface area (Å²) in [6.07, 6.45) is 8.44. The molecule has 0 spiro atoms. The summed E-state index contributed by atoms with van der Waals surface area (Å²) in [5.74, 6) is 0. The average molecular weight is 627 g/mol. The molecule has 242 valence electrons. The van der Waals surface area contributed by atoms with Crippen LogP contribution in [0.15, 0.2) is 76.3 Å². The number of fused-ring (bicyclic) bond motifs is 6. The van der Waals surface area contributed by atoms with Gasteiger partial charge in [0.05, 0.1) is 0 Å². The summed E-state index contributed by atoms with van der Waals surface area (Å²) in [4.78, 5) is 18.4. The molecule has 6 nitrogen and oxygen atoms in total. The molecule has 3 aliphatic heterocycles. The standard InChI is InChI=1S/C41H46N4O2/c1-25-9-13-27(14-10-25)32-18-29-17-30-22-39(3,4)36(44-30)20-34-33(28-15-11-26(2)12-16-28)19-31(43-34)23-41(38(46-7)47-8)24-40(5,6)37(45-41)21-35(32)42-29/h9-21,38,42-43H,22-24H2,1-8H3. The van der Waals surface area contributed by atoms with Crippen LogP contribution in [0.2, 0.25) is 0 Å². The maximum atomic E-state index is 6.04. The van der Waals surface area contributed by atoms with Gasteiger partial charge in [-0.2, -0.15) is 0 Å². The molecule has 2 aromatic heterocycles. The first-order valence-electron chi connectivity index (χ1n) is 16.6. The zero-order chi connectivity index (χ0) is 33.1. The summed E-state index contributed by atoms with van der Waals surface area (Å²) in [5, 5.41) is 2.07. The first kappa shape index (κ1) is 31.3. The molecule has 0 radical (unpaired) electrons. The van der Waals surface area contributed by atoms with E-state index in [1.54, 1.807) is 14.2 Å². The summed E-state index contributed by atoms with van der Waals surface area (Å²) in [5.41, 5.74) is 11.4. The lowest BCUT2D eigenvalue weighted by Crippen LogP contribution is -2.45. The van der Waals surface area contributed by atoms with Crippen LogP contribution in [0.25, 0.3) is 40.5 Å². The van der Waals surface area contributed by atoms with E-state index in [1.807, 2.05) is 0 Å². The number of hydrogen-bond acceptors (Lipinski definition) is 4. The Morgan fingerprint density at radius 1 is 0.723 bits per heavy atom. The van der Waals surface area contributed by atoms with E-state index in [0.717, 1.165) is 63.2 Å². The number of hydrogen-bond donors (Lipinski definition) is 2. The minimum Gasteiger partial charge on any atom is -0.358 e. The van der Waals surface area contributed by atoms with E-state index in [1.165, 1.54) is 22.3 Å². The molecule has 8 bridgehead atoms. The minimum atomic E-state index is -0.640. The van der Waals surface area contributed by atoms with Crippen molar-refractivity contribution in [2.45, 2.75) is 72.6 Å². The van der Waals surface area contributed by atoms with Gasteiger partial charge in [0, 0.05) is 88.2 Å². The number of allylic oxidation sites excluding steroid dienone is 1. The molecule has 5 heterocycles. The maximum absolute atomic E-state index is 6.04. The Kier molecular flexibility index (Phi) is 7.64. The molecule has 1 atom stereocenters. The number of aromatic amines is 2. The Morgan fingerprint density at radius 2 is 1.36 bits per heavy atom. The van der Waals surface area contributed by atoms with Gasteiger partial charge in [-0.25, -0.2) is 0 Å². The number of nitrogens with zero attached hydrogens (tertiary/aromatic N) is 2. The molecular formula is C41H46N4O2. The van der Waals surface area contributed by atoms with Gasteiger partial charge in [-0.05, 0) is 61.8 Å². The van der Waals surface area contributed by atoms with Crippen molar-refractivity contribution in [1.29, 1.82) is 0 Å². The van der Waals surface area contributed by atoms with Crippen LogP contribution in [0.4, 0.5) is 0 Å². The van der Waals surface area contributed by atoms with Crippen molar-refractivity contribution in [3.05, 3.63) is 99.6 Å². The van der Waals surface area contributed by atoms with Gasteiger partial charge in [0.15, 0.2) is 6.29 Å². The number of methoxy groups -OCH3 is 2. The summed E-state index contributed by atoms with van der Waals surface area (Å²) in [6, 6.07) is 22.0. The molecule has 0 saturated heterocycles. The number of benzene rings is 2. The fourth-order valence-electron chi connectivity index (χ4n) is 7.72. The van der Waals surface area contributed by atoms with Gasteiger partial charge in [-0.1, -0.05) is 87.4 Å². The topological polar surface area (TPSA) is 74.8 Å². The van der Waals surface area contributed by atoms with Crippen LogP contribution in [-0.2, 0) is 15.9 Å². The van der Waals surface area contributed by atoms with E-state index >= 15 is 0 Å². The van der Waals surface area contributed by atoms with Crippen LogP contribution in [0.5, 0.6) is 0 Å². The van der Waals surface area contributed by atoms with Crippen molar-refractivity contribution in [3.63, 3.8) is 0 Å². The Morgan fingerprint density at radius 3 is 2.00 bits per heavy atom. The third-order valence-electron chi connectivity index (χ3n) is 10.1. The van der Waals surface area contributed by atoms with Crippen LogP contribution in [0.3, 0.4) is 0 Å². The zero-order valence-electron chi connectivity index (χ0n) is 28.9. The van der Waals surface area contributed by atoms with Crippen molar-refractivity contribution >= 4 is 29.7 Å². The van der Waals surface area contributed by atoms with Crippen LogP contribution in [0, 0.1) is 24.7 Å². The molecule has 7 rings (SSSR count). The van der Waals surface area contributed by atoms with E-state index in [4.69, 9.17) is 19.5 Å². The molecule has 0 aliphatic carbocycles. The van der Waals surface area contributed by atoms with Gasteiger partial charge in [-0.3, -0.25) is 9.98 Å². The van der Waals surface area contributed by atoms with E-state index in [-0.39, 0.29) is 10.8 Å². The van der Waals surface area contributed by atoms with Gasteiger partial charge < -0.3 is 19.4 Å². The number of aryl methyl sites for hydroxylation is 2. The highest BCUT2D eigenvalue weighted by molar-refractivity contribution is 6.15. The zero-order valence-corrected chi connectivity index (χ0v) is 28.9. The number of ether oxygens (including phenoxy) is 2. The van der Waals surface area contributed by atoms with Crippen molar-refractivity contribution in [2.24, 2.45) is 20.8 Å². The van der Waals surface area contributed by atoms with Crippen LogP contribution in [0.1, 0.15) is 63.1 Å². The number of aliphatic imine (C=N–C) groups is 2. The Bertz CT molecular complexity index is 2050. The van der Waals surface area contributed by atoms with Crippen molar-refractivity contribution in [3.8, 4) is 22.3 Å². The molecule has 1 unspecified atom stereocenters. The molecule has 0 saturated carbocycles. The predicted molar refractivity (Wildman–Crippen MR) is 194 cm³/mol. The van der Waals surface area contributed by atoms with Gasteiger partial charge >= 0.3 is 0 Å². The summed E-state index contributed by atoms with van der Waals surface area (Å²) < 4.78 is 12.1. The lowest BCUT2D eigenvalue weighted by molar-refractivity contribution is -0.148. The first-order valence-corrected chi connectivity index (χ1v) is 16.6. The second kappa shape index (κ2) is 11.5. The molecule has 0 amide bonds. The van der Waals surface area contributed by atoms with Crippen LogP contribution in [-0.4, -0.2) is 47.4 Å². The monoisotopic (exact) mass is 626 g/mol. The van der Waals surface area contributed by atoms with Gasteiger partial charge in [-0.15, -0.1) is 0 Å². The first-order chi connectivity index (χ1) is 22.4. The van der Waals surface area contributed by atoms with Gasteiger partial charge in [0.2, 0.25) is 0 Å². The predicted octanol–water partition coefficient (Wildman–Crippen LogP) is 7.55. The average Bonchev–Trinajstić information content (AvgIpc) is 3.73. The quantitative estimate of drug-likeness (QED) is 0.225. The van der Waals surface area contributed by atoms with Crippen LogP contribution >= 0.6 is 0 Å². The molecular weight excluding hydrogens is 580 g/mol. The van der Waals surface area contributed by atoms with Gasteiger partial charge in [0.1, 0.15) is 5.54 Å². The highest BCUT2D eigenvalue weighted by atomic mass is 16.7. The lowest BCUT2D eigenvalue weighted by Gasteiger charge is -2.34. The Hall–Kier alpha value is -4.26. The molecule has 2 aromatic carbocycles. The van der Waals surface area contributed by atoms with E-state index in [2.05, 4.69) is 130 Å². The SMILES string of the molecule is COC(OC)C12Cc3cc(-c4ccc(C)cc4)c([nH]3)C=C3N=C(C=c4cc(-c5ccc(C)cc5)c([nH]4)=CC(=N1)C(C)(C)C2)CC3(C)C. The number of nitrogens with one attached hydrogen (secondary N) is 2. The number of H-pyrrole nitrogens is 2. The van der Waals surface area contributed by atoms with Crippen molar-refractivity contribution in [2.75, 3.05) is 14.2 Å². The maximum Gasteiger partial charge on any atom is 0.182 e.